The molecule has 27 heavy (non-hydrogen) atoms. The van der Waals surface area contributed by atoms with Crippen LogP contribution in [0, 0.1) is 11.3 Å². The van der Waals surface area contributed by atoms with Crippen molar-refractivity contribution < 1.29 is 8.42 Å². The molecule has 1 N–H and O–H groups in total. The minimum atomic E-state index is -3.30. The number of fused-ring (bicyclic) bond motifs is 1. The molecule has 0 radical (unpaired) electrons. The maximum absolute atomic E-state index is 12.1. The summed E-state index contributed by atoms with van der Waals surface area (Å²) < 4.78 is 27.2. The Morgan fingerprint density at radius 3 is 2.89 bits per heavy atom. The van der Waals surface area contributed by atoms with Crippen LogP contribution in [0.4, 0.5) is 0 Å². The van der Waals surface area contributed by atoms with Gasteiger partial charge < -0.3 is 4.98 Å². The van der Waals surface area contributed by atoms with Crippen molar-refractivity contribution in [2.24, 2.45) is 0 Å². The number of nitriles is 1. The van der Waals surface area contributed by atoms with E-state index in [2.05, 4.69) is 21.1 Å². The van der Waals surface area contributed by atoms with Crippen LogP contribution in [0.5, 0.6) is 0 Å². The van der Waals surface area contributed by atoms with Crippen LogP contribution in [0.1, 0.15) is 6.42 Å². The Morgan fingerprint density at radius 1 is 1.41 bits per heavy atom. The lowest BCUT2D eigenvalue weighted by molar-refractivity contribution is 0.0723. The number of sulfonamides is 1. The summed E-state index contributed by atoms with van der Waals surface area (Å²) in [6.07, 6.45) is 7.04. The van der Waals surface area contributed by atoms with Crippen molar-refractivity contribution in [3.8, 4) is 17.2 Å². The minimum Gasteiger partial charge on any atom is -0.346 e. The van der Waals surface area contributed by atoms with Gasteiger partial charge in [0.05, 0.1) is 23.7 Å². The summed E-state index contributed by atoms with van der Waals surface area (Å²) in [5.41, 5.74) is 1.65. The normalized spacial score (nSPS) is 16.9. The molecule has 1 fully saturated rings. The number of aromatic amines is 1. The lowest BCUT2D eigenvalue weighted by Crippen LogP contribution is -2.64. The van der Waals surface area contributed by atoms with Crippen molar-refractivity contribution in [2.75, 3.05) is 16.8 Å². The number of H-pyrrole nitrogens is 1. The Kier molecular flexibility index (Phi) is 4.66. The SMILES string of the molecule is N#CCC1(n2cc(-c3c(Cl)cnc4[nH]ccc34)cn2)CN(S(=O)(=O)CI)C1. The minimum absolute atomic E-state index is 0.00977. The molecule has 4 heterocycles. The molecule has 0 amide bonds. The molecule has 1 aliphatic heterocycles. The van der Waals surface area contributed by atoms with Crippen molar-refractivity contribution in [3.05, 3.63) is 35.9 Å². The van der Waals surface area contributed by atoms with Crippen molar-refractivity contribution >= 4 is 55.2 Å². The average Bonchev–Trinajstić information content (AvgIpc) is 3.27. The van der Waals surface area contributed by atoms with Crippen molar-refractivity contribution in [2.45, 2.75) is 12.0 Å². The monoisotopic (exact) mass is 516 g/mol. The van der Waals surface area contributed by atoms with Gasteiger partial charge in [0.15, 0.2) is 0 Å². The molecule has 0 unspecified atom stereocenters. The zero-order chi connectivity index (χ0) is 19.2. The number of hydrogen-bond acceptors (Lipinski definition) is 5. The third kappa shape index (κ3) is 3.02. The molecule has 140 valence electrons. The first-order valence-corrected chi connectivity index (χ1v) is 11.5. The van der Waals surface area contributed by atoms with Gasteiger partial charge in [0.25, 0.3) is 0 Å². The largest absolute Gasteiger partial charge is 0.346 e. The molecular formula is C16H14ClIN6O2S. The summed E-state index contributed by atoms with van der Waals surface area (Å²) in [5.74, 6) is 0. The third-order valence-electron chi connectivity index (χ3n) is 4.78. The molecule has 4 rings (SSSR count). The smallest absolute Gasteiger partial charge is 0.223 e. The molecule has 3 aromatic heterocycles. The fraction of sp³-hybridized carbons (Fsp3) is 0.312. The molecule has 0 aliphatic carbocycles. The number of halogens is 2. The lowest BCUT2D eigenvalue weighted by atomic mass is 9.89. The Hall–Kier alpha value is -1.68. The lowest BCUT2D eigenvalue weighted by Gasteiger charge is -2.47. The first kappa shape index (κ1) is 18.7. The van der Waals surface area contributed by atoms with E-state index in [1.165, 1.54) is 4.31 Å². The third-order valence-corrected chi connectivity index (χ3v) is 8.75. The summed E-state index contributed by atoms with van der Waals surface area (Å²) >= 11 is 8.21. The molecule has 8 nitrogen and oxygen atoms in total. The number of hydrogen-bond donors (Lipinski definition) is 1. The van der Waals surface area contributed by atoms with Gasteiger partial charge in [-0.1, -0.05) is 34.2 Å². The number of rotatable bonds is 5. The quantitative estimate of drug-likeness (QED) is 0.414. The topological polar surface area (TPSA) is 108 Å². The van der Waals surface area contributed by atoms with E-state index in [0.29, 0.717) is 5.02 Å². The second-order valence-corrected chi connectivity index (χ2v) is 10.6. The van der Waals surface area contributed by atoms with Gasteiger partial charge in [0, 0.05) is 48.2 Å². The molecular weight excluding hydrogens is 503 g/mol. The summed E-state index contributed by atoms with van der Waals surface area (Å²) in [7, 11) is -3.30. The molecule has 11 heteroatoms. The van der Waals surface area contributed by atoms with Crippen molar-refractivity contribution in [1.29, 1.82) is 5.26 Å². The van der Waals surface area contributed by atoms with Gasteiger partial charge in [-0.15, -0.1) is 0 Å². The summed E-state index contributed by atoms with van der Waals surface area (Å²) in [4.78, 5) is 7.31. The number of pyridine rings is 1. The highest BCUT2D eigenvalue weighted by Gasteiger charge is 2.49. The van der Waals surface area contributed by atoms with Crippen LogP contribution in [0.2, 0.25) is 5.02 Å². The second kappa shape index (κ2) is 6.73. The molecule has 0 bridgehead atoms. The first-order valence-electron chi connectivity index (χ1n) is 7.98. The Balaban J connectivity index is 1.72. The van der Waals surface area contributed by atoms with Crippen LogP contribution in [0.3, 0.4) is 0 Å². The number of nitrogens with one attached hydrogen (secondary N) is 1. The van der Waals surface area contributed by atoms with Gasteiger partial charge in [0.2, 0.25) is 10.0 Å². The van der Waals surface area contributed by atoms with Crippen molar-refractivity contribution in [1.82, 2.24) is 24.1 Å². The van der Waals surface area contributed by atoms with Gasteiger partial charge in [0.1, 0.15) is 14.9 Å². The maximum Gasteiger partial charge on any atom is 0.223 e. The van der Waals surface area contributed by atoms with Gasteiger partial charge in [-0.3, -0.25) is 4.68 Å². The van der Waals surface area contributed by atoms with E-state index in [4.69, 9.17) is 11.6 Å². The Labute approximate surface area is 174 Å². The summed E-state index contributed by atoms with van der Waals surface area (Å²) in [5, 5.41) is 15.1. The van der Waals surface area contributed by atoms with Crippen LogP contribution >= 0.6 is 34.2 Å². The van der Waals surface area contributed by atoms with Crippen LogP contribution in [-0.4, -0.2) is 49.3 Å². The number of aromatic nitrogens is 4. The van der Waals surface area contributed by atoms with Crippen LogP contribution < -0.4 is 0 Å². The van der Waals surface area contributed by atoms with Crippen molar-refractivity contribution in [3.63, 3.8) is 0 Å². The standard InChI is InChI=1S/C16H14ClIN6O2S/c17-13-6-21-15-12(1-4-20-15)14(13)11-5-22-24(7-11)16(2-3-19)8-23(9-16)27(25,26)10-18/h1,4-7H,2,8-10H2,(H,20,21). The van der Waals surface area contributed by atoms with Crippen LogP contribution in [0.25, 0.3) is 22.2 Å². The molecule has 0 saturated carbocycles. The van der Waals surface area contributed by atoms with Crippen LogP contribution in [-0.2, 0) is 15.6 Å². The van der Waals surface area contributed by atoms with E-state index in [1.807, 2.05) is 34.9 Å². The van der Waals surface area contributed by atoms with Gasteiger partial charge in [-0.05, 0) is 6.07 Å². The van der Waals surface area contributed by atoms with E-state index in [9.17, 15) is 13.7 Å². The van der Waals surface area contributed by atoms with Gasteiger partial charge in [-0.25, -0.2) is 13.4 Å². The molecule has 0 aromatic carbocycles. The molecule has 1 saturated heterocycles. The highest BCUT2D eigenvalue weighted by Crippen LogP contribution is 2.38. The molecule has 0 spiro atoms. The predicted molar refractivity (Wildman–Crippen MR) is 110 cm³/mol. The average molecular weight is 517 g/mol. The zero-order valence-electron chi connectivity index (χ0n) is 13.9. The Bertz CT molecular complexity index is 1160. The fourth-order valence-corrected chi connectivity index (χ4v) is 5.80. The molecule has 3 aromatic rings. The zero-order valence-corrected chi connectivity index (χ0v) is 17.7. The summed E-state index contributed by atoms with van der Waals surface area (Å²) in [6, 6.07) is 4.05. The number of alkyl halides is 1. The van der Waals surface area contributed by atoms with E-state index in [0.717, 1.165) is 22.2 Å². The van der Waals surface area contributed by atoms with E-state index < -0.39 is 15.6 Å². The molecule has 0 atom stereocenters. The second-order valence-electron chi connectivity index (χ2n) is 6.44. The highest BCUT2D eigenvalue weighted by molar-refractivity contribution is 14.1. The van der Waals surface area contributed by atoms with Crippen LogP contribution in [0.15, 0.2) is 30.9 Å². The predicted octanol–water partition coefficient (Wildman–Crippen LogP) is 2.73. The Morgan fingerprint density at radius 2 is 2.19 bits per heavy atom. The number of nitrogens with zero attached hydrogens (tertiary/aromatic N) is 5. The maximum atomic E-state index is 12.1. The fourth-order valence-electron chi connectivity index (χ4n) is 3.35. The van der Waals surface area contributed by atoms with Gasteiger partial charge in [-0.2, -0.15) is 14.7 Å². The van der Waals surface area contributed by atoms with E-state index in [-0.39, 0.29) is 23.3 Å². The summed E-state index contributed by atoms with van der Waals surface area (Å²) in [6.45, 7) is 0.466. The highest BCUT2D eigenvalue weighted by atomic mass is 127. The first-order chi connectivity index (χ1) is 12.9. The molecule has 1 aliphatic rings. The van der Waals surface area contributed by atoms with Gasteiger partial charge >= 0.3 is 0 Å². The van der Waals surface area contributed by atoms with E-state index >= 15 is 0 Å². The van der Waals surface area contributed by atoms with E-state index in [1.54, 1.807) is 23.3 Å².